The zero-order chi connectivity index (χ0) is 57.0. The summed E-state index contributed by atoms with van der Waals surface area (Å²) in [6, 6.07) is 43.5. The molecule has 8 amide bonds. The van der Waals surface area contributed by atoms with Crippen molar-refractivity contribution < 1.29 is 57.3 Å². The van der Waals surface area contributed by atoms with Crippen molar-refractivity contribution in [3.63, 3.8) is 0 Å². The molecule has 0 atom stereocenters. The van der Waals surface area contributed by atoms with Crippen molar-refractivity contribution in [3.8, 4) is 40.2 Å². The van der Waals surface area contributed by atoms with Crippen molar-refractivity contribution in [3.05, 3.63) is 219 Å². The third kappa shape index (κ3) is 8.64. The van der Waals surface area contributed by atoms with Crippen molar-refractivity contribution in [2.75, 3.05) is 26.7 Å². The van der Waals surface area contributed by atoms with Crippen LogP contribution >= 0.6 is 0 Å². The van der Waals surface area contributed by atoms with Crippen LogP contribution < -0.4 is 38.5 Å². The van der Waals surface area contributed by atoms with E-state index in [0.717, 1.165) is 30.7 Å². The fraction of sp³-hybridized carbons (Fsp3) is 0.138. The van der Waals surface area contributed by atoms with Gasteiger partial charge in [0.1, 0.15) is 40.2 Å². The Balaban J connectivity index is 0.788. The summed E-state index contributed by atoms with van der Waals surface area (Å²) in [6.07, 6.45) is 0. The lowest BCUT2D eigenvalue weighted by Crippen LogP contribution is -2.31. The van der Waals surface area contributed by atoms with E-state index in [9.17, 15) is 38.4 Å². The molecule has 81 heavy (non-hydrogen) atoms. The number of carbonyl (C=O) groups excluding carboxylic acids is 8. The van der Waals surface area contributed by atoms with Crippen molar-refractivity contribution in [1.82, 2.24) is 0 Å². The molecule has 0 radical (unpaired) electrons. The van der Waals surface area contributed by atoms with E-state index in [2.05, 4.69) is 0 Å². The highest BCUT2D eigenvalue weighted by Crippen LogP contribution is 2.46. The molecule has 16 heteroatoms. The summed E-state index contributed by atoms with van der Waals surface area (Å²) >= 11 is 0. The van der Waals surface area contributed by atoms with Gasteiger partial charge < -0.3 is 18.9 Å². The number of carbonyl (C=O) groups is 8. The third-order valence-electron chi connectivity index (χ3n) is 14.5. The van der Waals surface area contributed by atoms with Gasteiger partial charge in [-0.3, -0.25) is 38.4 Å². The Hall–Kier alpha value is -10.5. The highest BCUT2D eigenvalue weighted by Gasteiger charge is 2.43. The number of imide groups is 4. The SMILES string of the molecule is COc1ccc2c(c1)C(=O)N(c1cccc(N3C(=O)c4ccc(Oc5cc(C(C)(C)C)c(Oc6ccc7c(c6)C(=O)N(c6cccc(N8C(=O)c9ccc(Oc%10ccccc%10)cc9C8=O)c6)C7=O)cc5C(C)(C)C)cc4C3=O)c1)C2=O. The molecule has 0 aliphatic carbocycles. The van der Waals surface area contributed by atoms with Crippen LogP contribution in [0.15, 0.2) is 164 Å². The molecular formula is C65H48N4O12. The molecule has 0 N–H and O–H groups in total. The van der Waals surface area contributed by atoms with Gasteiger partial charge in [-0.2, -0.15) is 0 Å². The minimum Gasteiger partial charge on any atom is -0.497 e. The maximum absolute atomic E-state index is 14.3. The van der Waals surface area contributed by atoms with Gasteiger partial charge in [-0.1, -0.05) is 71.9 Å². The first-order chi connectivity index (χ1) is 38.7. The third-order valence-corrected chi connectivity index (χ3v) is 14.5. The van der Waals surface area contributed by atoms with Crippen LogP contribution in [-0.2, 0) is 10.8 Å². The van der Waals surface area contributed by atoms with Crippen LogP contribution in [0.25, 0.3) is 0 Å². The second-order valence-corrected chi connectivity index (χ2v) is 21.8. The zero-order valence-corrected chi connectivity index (χ0v) is 44.8. The Morgan fingerprint density at radius 2 is 0.580 bits per heavy atom. The van der Waals surface area contributed by atoms with Gasteiger partial charge in [0.15, 0.2) is 0 Å². The normalized spacial score (nSPS) is 14.7. The molecule has 16 nitrogen and oxygen atoms in total. The van der Waals surface area contributed by atoms with E-state index >= 15 is 0 Å². The van der Waals surface area contributed by atoms with Crippen LogP contribution in [0, 0.1) is 0 Å². The van der Waals surface area contributed by atoms with Gasteiger partial charge in [0.2, 0.25) is 0 Å². The Morgan fingerprint density at radius 1 is 0.284 bits per heavy atom. The van der Waals surface area contributed by atoms with Crippen molar-refractivity contribution in [2.45, 2.75) is 52.4 Å². The lowest BCUT2D eigenvalue weighted by molar-refractivity contribution is 0.0908. The summed E-state index contributed by atoms with van der Waals surface area (Å²) in [7, 11) is 1.46. The maximum atomic E-state index is 14.3. The van der Waals surface area contributed by atoms with Crippen molar-refractivity contribution in [2.24, 2.45) is 0 Å². The number of ether oxygens (including phenoxy) is 4. The number of amides is 8. The number of hydrogen-bond acceptors (Lipinski definition) is 12. The molecule has 0 bridgehead atoms. The quantitative estimate of drug-likeness (QED) is 0.112. The number of hydrogen-bond donors (Lipinski definition) is 0. The molecule has 400 valence electrons. The molecule has 12 rings (SSSR count). The molecule has 8 aromatic carbocycles. The zero-order valence-electron chi connectivity index (χ0n) is 44.8. The van der Waals surface area contributed by atoms with Crippen LogP contribution in [0.1, 0.15) is 136 Å². The van der Waals surface area contributed by atoms with Gasteiger partial charge in [0, 0.05) is 11.1 Å². The molecule has 0 unspecified atom stereocenters. The van der Waals surface area contributed by atoms with Gasteiger partial charge in [0.05, 0.1) is 74.4 Å². The smallest absolute Gasteiger partial charge is 0.266 e. The average Bonchev–Trinajstić information content (AvgIpc) is 4.29. The van der Waals surface area contributed by atoms with E-state index < -0.39 is 58.1 Å². The monoisotopic (exact) mass is 1080 g/mol. The fourth-order valence-corrected chi connectivity index (χ4v) is 10.5. The number of methoxy groups -OCH3 is 1. The average molecular weight is 1080 g/mol. The Morgan fingerprint density at radius 3 is 0.901 bits per heavy atom. The second-order valence-electron chi connectivity index (χ2n) is 21.8. The minimum atomic E-state index is -0.632. The molecule has 0 spiro atoms. The Bertz CT molecular complexity index is 4130. The molecule has 0 saturated heterocycles. The summed E-state index contributed by atoms with van der Waals surface area (Å²) in [5.41, 5.74) is 2.13. The summed E-state index contributed by atoms with van der Waals surface area (Å²) in [4.78, 5) is 115. The Labute approximate surface area is 464 Å². The van der Waals surface area contributed by atoms with E-state index in [1.807, 2.05) is 71.9 Å². The highest BCUT2D eigenvalue weighted by molar-refractivity contribution is 6.38. The van der Waals surface area contributed by atoms with Crippen LogP contribution in [0.5, 0.6) is 40.2 Å². The summed E-state index contributed by atoms with van der Waals surface area (Å²) < 4.78 is 24.5. The van der Waals surface area contributed by atoms with E-state index in [1.165, 1.54) is 67.8 Å². The van der Waals surface area contributed by atoms with Crippen molar-refractivity contribution in [1.29, 1.82) is 0 Å². The first kappa shape index (κ1) is 51.3. The van der Waals surface area contributed by atoms with Crippen LogP contribution in [-0.4, -0.2) is 54.4 Å². The molecule has 0 fully saturated rings. The van der Waals surface area contributed by atoms with Crippen LogP contribution in [0.2, 0.25) is 0 Å². The largest absolute Gasteiger partial charge is 0.497 e. The fourth-order valence-electron chi connectivity index (χ4n) is 10.5. The van der Waals surface area contributed by atoms with Gasteiger partial charge in [0.25, 0.3) is 47.3 Å². The number of para-hydroxylation sites is 1. The topological polar surface area (TPSA) is 186 Å². The van der Waals surface area contributed by atoms with Crippen LogP contribution in [0.3, 0.4) is 0 Å². The number of fused-ring (bicyclic) bond motifs is 4. The molecule has 8 aromatic rings. The lowest BCUT2D eigenvalue weighted by atomic mass is 9.81. The first-order valence-corrected chi connectivity index (χ1v) is 25.8. The summed E-state index contributed by atoms with van der Waals surface area (Å²) in [5, 5.41) is 0. The minimum absolute atomic E-state index is 0.0861. The highest BCUT2D eigenvalue weighted by atomic mass is 16.5. The van der Waals surface area contributed by atoms with E-state index in [1.54, 1.807) is 72.8 Å². The van der Waals surface area contributed by atoms with Crippen molar-refractivity contribution >= 4 is 70.0 Å². The number of anilines is 4. The van der Waals surface area contributed by atoms with Crippen LogP contribution in [0.4, 0.5) is 22.7 Å². The molecular weight excluding hydrogens is 1030 g/mol. The number of benzene rings is 8. The predicted octanol–water partition coefficient (Wildman–Crippen LogP) is 12.9. The van der Waals surface area contributed by atoms with E-state index in [4.69, 9.17) is 18.9 Å². The van der Waals surface area contributed by atoms with E-state index in [0.29, 0.717) is 28.7 Å². The van der Waals surface area contributed by atoms with Gasteiger partial charge >= 0.3 is 0 Å². The second kappa shape index (κ2) is 18.9. The molecule has 0 saturated carbocycles. The summed E-state index contributed by atoms with van der Waals surface area (Å²) in [6.45, 7) is 12.0. The number of nitrogens with zero attached hydrogens (tertiary/aromatic N) is 4. The van der Waals surface area contributed by atoms with Gasteiger partial charge in [-0.15, -0.1) is 0 Å². The number of rotatable bonds is 11. The maximum Gasteiger partial charge on any atom is 0.266 e. The molecule has 4 heterocycles. The predicted molar refractivity (Wildman–Crippen MR) is 300 cm³/mol. The Kier molecular flexibility index (Phi) is 11.9. The first-order valence-electron chi connectivity index (χ1n) is 25.8. The van der Waals surface area contributed by atoms with Gasteiger partial charge in [-0.05, 0) is 144 Å². The van der Waals surface area contributed by atoms with E-state index in [-0.39, 0.29) is 78.8 Å². The van der Waals surface area contributed by atoms with Gasteiger partial charge in [-0.25, -0.2) is 19.6 Å². The molecule has 4 aliphatic rings. The molecule has 4 aliphatic heterocycles. The molecule has 0 aromatic heterocycles. The standard InChI is InChI=1S/C65H48N4O12/c1-64(2,3)52-34-55(81-43-22-26-47-51(32-43)63(77)69(59(47)73)38-16-12-14-36(28-38)67-57(71)45-24-20-41(30-49(45)61(67)75)79-39-17-9-8-10-18-39)53(65(4,5)6)33-54(52)80-42-21-25-46-50(31-42)62(76)68(58(46)72)37-15-11-13-35(27-37)66-56(70)44-23-19-40(78-7)29-48(44)60(66)74/h8-34H,1-7H3. The summed E-state index contributed by atoms with van der Waals surface area (Å²) in [5.74, 6) is -1.93. The lowest BCUT2D eigenvalue weighted by Gasteiger charge is -2.29.